The molecule has 0 bridgehead atoms. The molecule has 26 heavy (non-hydrogen) atoms. The SMILES string of the molecule is CN1CCC(OCc2ccccc2-c2ccc(C(C)(C)C)cc2)CC1.Cl. The van der Waals surface area contributed by atoms with E-state index in [9.17, 15) is 0 Å². The average molecular weight is 374 g/mol. The zero-order valence-corrected chi connectivity index (χ0v) is 17.3. The van der Waals surface area contributed by atoms with E-state index >= 15 is 0 Å². The Balaban J connectivity index is 0.00000243. The van der Waals surface area contributed by atoms with Crippen molar-refractivity contribution in [3.63, 3.8) is 0 Å². The largest absolute Gasteiger partial charge is 0.373 e. The Kier molecular flexibility index (Phi) is 7.28. The Labute approximate surface area is 165 Å². The van der Waals surface area contributed by atoms with Crippen LogP contribution in [0.3, 0.4) is 0 Å². The Hall–Kier alpha value is -1.35. The second-order valence-electron chi connectivity index (χ2n) is 8.30. The van der Waals surface area contributed by atoms with Crippen LogP contribution < -0.4 is 0 Å². The summed E-state index contributed by atoms with van der Waals surface area (Å²) in [6.45, 7) is 9.74. The minimum absolute atomic E-state index is 0. The van der Waals surface area contributed by atoms with Crippen molar-refractivity contribution in [2.45, 2.75) is 51.7 Å². The molecule has 1 saturated heterocycles. The van der Waals surface area contributed by atoms with E-state index in [4.69, 9.17) is 4.74 Å². The van der Waals surface area contributed by atoms with Crippen molar-refractivity contribution < 1.29 is 4.74 Å². The van der Waals surface area contributed by atoms with Gasteiger partial charge in [0.15, 0.2) is 0 Å². The number of hydrogen-bond acceptors (Lipinski definition) is 2. The van der Waals surface area contributed by atoms with Crippen molar-refractivity contribution >= 4 is 12.4 Å². The monoisotopic (exact) mass is 373 g/mol. The molecule has 0 saturated carbocycles. The van der Waals surface area contributed by atoms with Gasteiger partial charge in [0.1, 0.15) is 0 Å². The van der Waals surface area contributed by atoms with E-state index in [0.29, 0.717) is 12.7 Å². The van der Waals surface area contributed by atoms with Gasteiger partial charge in [-0.3, -0.25) is 0 Å². The Morgan fingerprint density at radius 3 is 2.19 bits per heavy atom. The van der Waals surface area contributed by atoms with Crippen LogP contribution >= 0.6 is 12.4 Å². The van der Waals surface area contributed by atoms with Crippen molar-refractivity contribution in [1.82, 2.24) is 4.90 Å². The number of nitrogens with zero attached hydrogens (tertiary/aromatic N) is 1. The van der Waals surface area contributed by atoms with Crippen molar-refractivity contribution in [1.29, 1.82) is 0 Å². The van der Waals surface area contributed by atoms with Crippen LogP contribution in [-0.2, 0) is 16.8 Å². The lowest BCUT2D eigenvalue weighted by Gasteiger charge is -2.29. The molecule has 1 fully saturated rings. The molecule has 3 heteroatoms. The lowest BCUT2D eigenvalue weighted by molar-refractivity contribution is 0.00232. The molecule has 0 spiro atoms. The average Bonchev–Trinajstić information content (AvgIpc) is 2.61. The molecular weight excluding hydrogens is 342 g/mol. The highest BCUT2D eigenvalue weighted by atomic mass is 35.5. The fourth-order valence-electron chi connectivity index (χ4n) is 3.44. The lowest BCUT2D eigenvalue weighted by Crippen LogP contribution is -2.34. The molecule has 3 rings (SSSR count). The number of rotatable bonds is 4. The van der Waals surface area contributed by atoms with E-state index in [-0.39, 0.29) is 17.8 Å². The molecule has 0 unspecified atom stereocenters. The molecule has 0 N–H and O–H groups in total. The number of benzene rings is 2. The molecular formula is C23H32ClNO. The summed E-state index contributed by atoms with van der Waals surface area (Å²) < 4.78 is 6.23. The summed E-state index contributed by atoms with van der Waals surface area (Å²) >= 11 is 0. The first-order chi connectivity index (χ1) is 11.9. The Bertz CT molecular complexity index is 682. The van der Waals surface area contributed by atoms with Crippen LogP contribution in [0.4, 0.5) is 0 Å². The van der Waals surface area contributed by atoms with Gasteiger partial charge in [-0.15, -0.1) is 12.4 Å². The maximum absolute atomic E-state index is 6.23. The van der Waals surface area contributed by atoms with Crippen molar-refractivity contribution in [3.05, 3.63) is 59.7 Å². The van der Waals surface area contributed by atoms with Crippen molar-refractivity contribution in [2.75, 3.05) is 20.1 Å². The minimum atomic E-state index is 0. The molecule has 2 aromatic rings. The molecule has 1 aliphatic heterocycles. The first kappa shape index (κ1) is 21.0. The smallest absolute Gasteiger partial charge is 0.0726 e. The van der Waals surface area contributed by atoms with E-state index < -0.39 is 0 Å². The highest BCUT2D eigenvalue weighted by Crippen LogP contribution is 2.29. The lowest BCUT2D eigenvalue weighted by atomic mass is 9.86. The number of piperidine rings is 1. The van der Waals surface area contributed by atoms with E-state index in [1.807, 2.05) is 0 Å². The maximum Gasteiger partial charge on any atom is 0.0726 e. The summed E-state index contributed by atoms with van der Waals surface area (Å²) in [5, 5.41) is 0. The number of likely N-dealkylation sites (tertiary alicyclic amines) is 1. The molecule has 142 valence electrons. The number of halogens is 1. The van der Waals surface area contributed by atoms with E-state index in [2.05, 4.69) is 81.2 Å². The first-order valence-electron chi connectivity index (χ1n) is 9.42. The summed E-state index contributed by atoms with van der Waals surface area (Å²) in [7, 11) is 2.19. The van der Waals surface area contributed by atoms with Crippen molar-refractivity contribution in [3.8, 4) is 11.1 Å². The molecule has 1 heterocycles. The van der Waals surface area contributed by atoms with Crippen LogP contribution in [0, 0.1) is 0 Å². The molecule has 0 aliphatic carbocycles. The van der Waals surface area contributed by atoms with Gasteiger partial charge in [0.05, 0.1) is 12.7 Å². The van der Waals surface area contributed by atoms with Gasteiger partial charge >= 0.3 is 0 Å². The second kappa shape index (κ2) is 9.03. The highest BCUT2D eigenvalue weighted by molar-refractivity contribution is 5.85. The fraction of sp³-hybridized carbons (Fsp3) is 0.478. The summed E-state index contributed by atoms with van der Waals surface area (Å²) in [4.78, 5) is 2.38. The molecule has 1 aliphatic rings. The zero-order chi connectivity index (χ0) is 17.9. The zero-order valence-electron chi connectivity index (χ0n) is 16.5. The predicted molar refractivity (Wildman–Crippen MR) is 113 cm³/mol. The number of hydrogen-bond donors (Lipinski definition) is 0. The third-order valence-corrected chi connectivity index (χ3v) is 5.22. The van der Waals surface area contributed by atoms with Gasteiger partial charge in [-0.05, 0) is 47.6 Å². The minimum Gasteiger partial charge on any atom is -0.373 e. The van der Waals surface area contributed by atoms with Crippen LogP contribution in [0.1, 0.15) is 44.7 Å². The van der Waals surface area contributed by atoms with Crippen molar-refractivity contribution in [2.24, 2.45) is 0 Å². The van der Waals surface area contributed by atoms with Crippen LogP contribution in [-0.4, -0.2) is 31.1 Å². The third-order valence-electron chi connectivity index (χ3n) is 5.22. The normalized spacial score (nSPS) is 16.3. The Morgan fingerprint density at radius 1 is 0.962 bits per heavy atom. The molecule has 2 aromatic carbocycles. The standard InChI is InChI=1S/C23H31NO.ClH/c1-23(2,3)20-11-9-18(10-12-20)22-8-6-5-7-19(22)17-25-21-13-15-24(4)16-14-21;/h5-12,21H,13-17H2,1-4H3;1H. The van der Waals surface area contributed by atoms with Gasteiger partial charge in [0, 0.05) is 13.1 Å². The molecule has 2 nitrogen and oxygen atoms in total. The highest BCUT2D eigenvalue weighted by Gasteiger charge is 2.18. The van der Waals surface area contributed by atoms with E-state index in [1.54, 1.807) is 0 Å². The van der Waals surface area contributed by atoms with Gasteiger partial charge in [-0.2, -0.15) is 0 Å². The summed E-state index contributed by atoms with van der Waals surface area (Å²) in [5.74, 6) is 0. The first-order valence-corrected chi connectivity index (χ1v) is 9.42. The van der Waals surface area contributed by atoms with Crippen LogP contribution in [0.2, 0.25) is 0 Å². The third kappa shape index (κ3) is 5.33. The quantitative estimate of drug-likeness (QED) is 0.683. The van der Waals surface area contributed by atoms with E-state index in [1.165, 1.54) is 22.3 Å². The van der Waals surface area contributed by atoms with Gasteiger partial charge in [-0.25, -0.2) is 0 Å². The molecule has 0 aromatic heterocycles. The summed E-state index contributed by atoms with van der Waals surface area (Å²) in [6.07, 6.45) is 2.67. The Morgan fingerprint density at radius 2 is 1.58 bits per heavy atom. The predicted octanol–water partition coefficient (Wildman–Crippen LogP) is 5.68. The number of ether oxygens (including phenoxy) is 1. The molecule has 0 amide bonds. The van der Waals surface area contributed by atoms with Gasteiger partial charge in [0.2, 0.25) is 0 Å². The van der Waals surface area contributed by atoms with Crippen LogP contribution in [0.5, 0.6) is 0 Å². The second-order valence-corrected chi connectivity index (χ2v) is 8.30. The summed E-state index contributed by atoms with van der Waals surface area (Å²) in [6, 6.07) is 17.6. The maximum atomic E-state index is 6.23. The topological polar surface area (TPSA) is 12.5 Å². The molecule has 0 radical (unpaired) electrons. The van der Waals surface area contributed by atoms with Crippen LogP contribution in [0.15, 0.2) is 48.5 Å². The fourth-order valence-corrected chi connectivity index (χ4v) is 3.44. The van der Waals surface area contributed by atoms with Crippen LogP contribution in [0.25, 0.3) is 11.1 Å². The van der Waals surface area contributed by atoms with E-state index in [0.717, 1.165) is 25.9 Å². The van der Waals surface area contributed by atoms with Gasteiger partial charge in [0.25, 0.3) is 0 Å². The summed E-state index contributed by atoms with van der Waals surface area (Å²) in [5.41, 5.74) is 5.41. The van der Waals surface area contributed by atoms with Gasteiger partial charge in [-0.1, -0.05) is 69.3 Å². The van der Waals surface area contributed by atoms with Gasteiger partial charge < -0.3 is 9.64 Å². The molecule has 0 atom stereocenters.